The fraction of sp³-hybridized carbons (Fsp3) is 0.333. The van der Waals surface area contributed by atoms with Crippen molar-refractivity contribution in [3.8, 4) is 0 Å². The van der Waals surface area contributed by atoms with Gasteiger partial charge in [0.1, 0.15) is 18.0 Å². The van der Waals surface area contributed by atoms with Gasteiger partial charge in [-0.1, -0.05) is 12.1 Å². The van der Waals surface area contributed by atoms with Crippen molar-refractivity contribution >= 4 is 39.1 Å². The molecule has 3 heterocycles. The van der Waals surface area contributed by atoms with E-state index in [0.717, 1.165) is 34.9 Å². The SMILES string of the molecule is O=C(NCCNc1cc(N2CCCC2)ncn1)c1nc2ccccc2s1. The Morgan fingerprint density at radius 3 is 2.85 bits per heavy atom. The van der Waals surface area contributed by atoms with Crippen LogP contribution >= 0.6 is 11.3 Å². The van der Waals surface area contributed by atoms with E-state index in [1.54, 1.807) is 6.33 Å². The van der Waals surface area contributed by atoms with E-state index in [2.05, 4.69) is 30.5 Å². The number of nitrogens with one attached hydrogen (secondary N) is 2. The van der Waals surface area contributed by atoms with E-state index in [0.29, 0.717) is 18.1 Å². The van der Waals surface area contributed by atoms with Gasteiger partial charge in [0.15, 0.2) is 5.01 Å². The molecule has 7 nitrogen and oxygen atoms in total. The molecule has 1 aliphatic heterocycles. The third-order valence-corrected chi connectivity index (χ3v) is 5.32. The minimum absolute atomic E-state index is 0.145. The molecule has 1 fully saturated rings. The van der Waals surface area contributed by atoms with Gasteiger partial charge in [0.2, 0.25) is 0 Å². The second-order valence-corrected chi connectivity index (χ2v) is 7.16. The summed E-state index contributed by atoms with van der Waals surface area (Å²) in [6, 6.07) is 9.71. The zero-order valence-corrected chi connectivity index (χ0v) is 15.1. The molecular formula is C18H20N6OS. The first-order chi connectivity index (χ1) is 12.8. The Balaban J connectivity index is 1.28. The molecule has 2 aromatic heterocycles. The summed E-state index contributed by atoms with van der Waals surface area (Å²) in [5.74, 6) is 1.59. The number of carbonyl (C=O) groups excluding carboxylic acids is 1. The summed E-state index contributed by atoms with van der Waals surface area (Å²) in [4.78, 5) is 27.4. The maximum atomic E-state index is 12.2. The summed E-state index contributed by atoms with van der Waals surface area (Å²) < 4.78 is 1.02. The summed E-state index contributed by atoms with van der Waals surface area (Å²) >= 11 is 1.41. The number of benzene rings is 1. The van der Waals surface area contributed by atoms with E-state index >= 15 is 0 Å². The summed E-state index contributed by atoms with van der Waals surface area (Å²) in [6.07, 6.45) is 4.00. The van der Waals surface area contributed by atoms with Crippen LogP contribution in [0.15, 0.2) is 36.7 Å². The Morgan fingerprint density at radius 1 is 1.15 bits per heavy atom. The topological polar surface area (TPSA) is 83.0 Å². The molecule has 0 saturated carbocycles. The zero-order chi connectivity index (χ0) is 17.8. The van der Waals surface area contributed by atoms with Gasteiger partial charge in [-0.2, -0.15) is 0 Å². The number of carbonyl (C=O) groups is 1. The third kappa shape index (κ3) is 3.75. The van der Waals surface area contributed by atoms with Gasteiger partial charge in [-0.25, -0.2) is 15.0 Å². The van der Waals surface area contributed by atoms with Crippen molar-refractivity contribution in [2.45, 2.75) is 12.8 Å². The molecule has 134 valence electrons. The first-order valence-corrected chi connectivity index (χ1v) is 9.56. The lowest BCUT2D eigenvalue weighted by atomic mass is 10.3. The first-order valence-electron chi connectivity index (χ1n) is 8.74. The highest BCUT2D eigenvalue weighted by molar-refractivity contribution is 7.20. The molecule has 0 spiro atoms. The molecule has 1 saturated heterocycles. The molecule has 1 aromatic carbocycles. The molecule has 0 atom stereocenters. The maximum Gasteiger partial charge on any atom is 0.280 e. The standard InChI is InChI=1S/C18H20N6OS/c25-17(18-23-13-5-1-2-6-14(13)26-18)20-8-7-19-15-11-16(22-12-21-15)24-9-3-4-10-24/h1-2,5-6,11-12H,3-4,7-10H2,(H,20,25)(H,19,21,22). The zero-order valence-electron chi connectivity index (χ0n) is 14.3. The molecule has 0 radical (unpaired) electrons. The molecule has 0 aliphatic carbocycles. The van der Waals surface area contributed by atoms with E-state index in [-0.39, 0.29) is 5.91 Å². The number of anilines is 2. The molecule has 1 amide bonds. The summed E-state index contributed by atoms with van der Waals surface area (Å²) in [6.45, 7) is 3.19. The average molecular weight is 368 g/mol. The summed E-state index contributed by atoms with van der Waals surface area (Å²) in [5.41, 5.74) is 0.858. The van der Waals surface area contributed by atoms with E-state index < -0.39 is 0 Å². The predicted molar refractivity (Wildman–Crippen MR) is 104 cm³/mol. The molecule has 0 bridgehead atoms. The fourth-order valence-electron chi connectivity index (χ4n) is 2.97. The molecule has 2 N–H and O–H groups in total. The number of thiazole rings is 1. The van der Waals surface area contributed by atoms with Crippen molar-refractivity contribution in [3.05, 3.63) is 41.7 Å². The van der Waals surface area contributed by atoms with Crippen LogP contribution in [0.3, 0.4) is 0 Å². The van der Waals surface area contributed by atoms with E-state index in [1.165, 1.54) is 24.2 Å². The molecule has 8 heteroatoms. The highest BCUT2D eigenvalue weighted by Gasteiger charge is 2.14. The van der Waals surface area contributed by atoms with Gasteiger partial charge < -0.3 is 15.5 Å². The van der Waals surface area contributed by atoms with E-state index in [1.807, 2.05) is 30.3 Å². The lowest BCUT2D eigenvalue weighted by Gasteiger charge is -2.16. The molecular weight excluding hydrogens is 348 g/mol. The van der Waals surface area contributed by atoms with Gasteiger partial charge in [-0.15, -0.1) is 11.3 Å². The van der Waals surface area contributed by atoms with Crippen LogP contribution in [0.4, 0.5) is 11.6 Å². The lowest BCUT2D eigenvalue weighted by Crippen LogP contribution is -2.28. The largest absolute Gasteiger partial charge is 0.368 e. The van der Waals surface area contributed by atoms with Gasteiger partial charge in [-0.3, -0.25) is 4.79 Å². The van der Waals surface area contributed by atoms with Crippen molar-refractivity contribution in [2.24, 2.45) is 0 Å². The summed E-state index contributed by atoms with van der Waals surface area (Å²) in [5, 5.41) is 6.62. The minimum Gasteiger partial charge on any atom is -0.368 e. The van der Waals surface area contributed by atoms with Crippen molar-refractivity contribution in [2.75, 3.05) is 36.4 Å². The lowest BCUT2D eigenvalue weighted by molar-refractivity contribution is 0.0955. The number of aromatic nitrogens is 3. The number of amides is 1. The normalized spacial score (nSPS) is 13.9. The van der Waals surface area contributed by atoms with Gasteiger partial charge in [0.05, 0.1) is 10.2 Å². The van der Waals surface area contributed by atoms with Gasteiger partial charge in [-0.05, 0) is 25.0 Å². The quantitative estimate of drug-likeness (QED) is 0.651. The second-order valence-electron chi connectivity index (χ2n) is 6.13. The molecule has 26 heavy (non-hydrogen) atoms. The highest BCUT2D eigenvalue weighted by atomic mass is 32.1. The van der Waals surface area contributed by atoms with Crippen LogP contribution < -0.4 is 15.5 Å². The number of hydrogen-bond acceptors (Lipinski definition) is 7. The van der Waals surface area contributed by atoms with Gasteiger partial charge in [0.25, 0.3) is 5.91 Å². The van der Waals surface area contributed by atoms with E-state index in [4.69, 9.17) is 0 Å². The molecule has 4 rings (SSSR count). The third-order valence-electron chi connectivity index (χ3n) is 4.29. The Bertz CT molecular complexity index is 872. The Labute approximate surface area is 155 Å². The fourth-order valence-corrected chi connectivity index (χ4v) is 3.86. The van der Waals surface area contributed by atoms with Crippen LogP contribution in [-0.2, 0) is 0 Å². The van der Waals surface area contributed by atoms with Crippen molar-refractivity contribution in [3.63, 3.8) is 0 Å². The van der Waals surface area contributed by atoms with E-state index in [9.17, 15) is 4.79 Å². The number of nitrogens with zero attached hydrogens (tertiary/aromatic N) is 4. The Kier molecular flexibility index (Phi) is 4.92. The summed E-state index contributed by atoms with van der Waals surface area (Å²) in [7, 11) is 0. The number of fused-ring (bicyclic) bond motifs is 1. The maximum absolute atomic E-state index is 12.2. The first kappa shape index (κ1) is 16.7. The van der Waals surface area contributed by atoms with Crippen molar-refractivity contribution in [1.29, 1.82) is 0 Å². The number of hydrogen-bond donors (Lipinski definition) is 2. The van der Waals surface area contributed by atoms with Crippen LogP contribution in [-0.4, -0.2) is 47.0 Å². The molecule has 3 aromatic rings. The van der Waals surface area contributed by atoms with Crippen LogP contribution in [0.5, 0.6) is 0 Å². The smallest absolute Gasteiger partial charge is 0.280 e. The average Bonchev–Trinajstić information content (AvgIpc) is 3.35. The van der Waals surface area contributed by atoms with Gasteiger partial charge >= 0.3 is 0 Å². The molecule has 0 unspecified atom stereocenters. The second kappa shape index (κ2) is 7.65. The molecule has 1 aliphatic rings. The number of rotatable bonds is 6. The highest BCUT2D eigenvalue weighted by Crippen LogP contribution is 2.21. The van der Waals surface area contributed by atoms with Crippen molar-refractivity contribution < 1.29 is 4.79 Å². The van der Waals surface area contributed by atoms with Crippen LogP contribution in [0.2, 0.25) is 0 Å². The predicted octanol–water partition coefficient (Wildman–Crippen LogP) is 2.53. The minimum atomic E-state index is -0.145. The van der Waals surface area contributed by atoms with Gasteiger partial charge in [0, 0.05) is 32.2 Å². The monoisotopic (exact) mass is 368 g/mol. The Morgan fingerprint density at radius 2 is 2.00 bits per heavy atom. The van der Waals surface area contributed by atoms with Crippen LogP contribution in [0.25, 0.3) is 10.2 Å². The Hall–Kier alpha value is -2.74. The van der Waals surface area contributed by atoms with Crippen molar-refractivity contribution in [1.82, 2.24) is 20.3 Å². The number of para-hydroxylation sites is 1. The van der Waals surface area contributed by atoms with Crippen LogP contribution in [0.1, 0.15) is 22.6 Å². The van der Waals surface area contributed by atoms with Crippen LogP contribution in [0, 0.1) is 0 Å².